The van der Waals surface area contributed by atoms with Crippen LogP contribution in [0.4, 0.5) is 42.1 Å². The van der Waals surface area contributed by atoms with E-state index in [1.807, 2.05) is 0 Å². The molecule has 0 saturated heterocycles. The van der Waals surface area contributed by atoms with Crippen LogP contribution in [0.25, 0.3) is 43.1 Å². The van der Waals surface area contributed by atoms with Crippen LogP contribution in [0.1, 0.15) is 47.0 Å². The van der Waals surface area contributed by atoms with Gasteiger partial charge in [0.1, 0.15) is 5.82 Å². The summed E-state index contributed by atoms with van der Waals surface area (Å²) in [7, 11) is 0. The molecule has 6 nitrogen and oxygen atoms in total. The minimum Gasteiger partial charge on any atom is -0.268 e. The minimum atomic E-state index is -2.04. The maximum atomic E-state index is 16.8. The number of nitrogens with zero attached hydrogens (tertiary/aromatic N) is 2. The van der Waals surface area contributed by atoms with Crippen molar-refractivity contribution >= 4 is 78.1 Å². The second kappa shape index (κ2) is 9.62. The fourth-order valence-electron chi connectivity index (χ4n) is 7.48. The Morgan fingerprint density at radius 3 is 1.02 bits per heavy atom. The Labute approximate surface area is 273 Å². The van der Waals surface area contributed by atoms with Gasteiger partial charge in [0.05, 0.1) is 33.6 Å². The summed E-state index contributed by atoms with van der Waals surface area (Å²) < 4.78 is 115. The van der Waals surface area contributed by atoms with Crippen molar-refractivity contribution < 1.29 is 49.9 Å². The van der Waals surface area contributed by atoms with Gasteiger partial charge in [0.15, 0.2) is 34.9 Å². The largest absolute Gasteiger partial charge is 0.269 e. The van der Waals surface area contributed by atoms with Gasteiger partial charge in [-0.05, 0) is 36.8 Å². The highest BCUT2D eigenvalue weighted by atomic mass is 19.2. The highest BCUT2D eigenvalue weighted by Gasteiger charge is 2.46. The van der Waals surface area contributed by atoms with Crippen molar-refractivity contribution in [1.29, 1.82) is 0 Å². The summed E-state index contributed by atoms with van der Waals surface area (Å²) in [6.45, 7) is 1.03. The molecule has 0 aliphatic carbocycles. The van der Waals surface area contributed by atoms with Crippen molar-refractivity contribution in [1.82, 2.24) is 0 Å². The van der Waals surface area contributed by atoms with Gasteiger partial charge in [-0.2, -0.15) is 0 Å². The number of fused-ring (bicyclic) bond motifs is 2. The zero-order valence-electron chi connectivity index (χ0n) is 24.9. The van der Waals surface area contributed by atoms with Gasteiger partial charge >= 0.3 is 0 Å². The summed E-state index contributed by atoms with van der Waals surface area (Å²) in [5.74, 6) is -19.0. The van der Waals surface area contributed by atoms with E-state index in [2.05, 4.69) is 0 Å². The molecule has 244 valence electrons. The van der Waals surface area contributed by atoms with E-state index >= 15 is 30.7 Å². The van der Waals surface area contributed by atoms with E-state index in [0.29, 0.717) is 9.80 Å². The van der Waals surface area contributed by atoms with E-state index in [1.165, 1.54) is 54.6 Å². The molecule has 13 heteroatoms. The Hall–Kier alpha value is -6.37. The van der Waals surface area contributed by atoms with Crippen LogP contribution in [0, 0.1) is 47.6 Å². The quantitative estimate of drug-likeness (QED) is 0.0793. The van der Waals surface area contributed by atoms with Crippen LogP contribution in [-0.4, -0.2) is 23.6 Å². The maximum absolute atomic E-state index is 16.8. The molecule has 0 spiro atoms. The first-order valence-electron chi connectivity index (χ1n) is 14.8. The number of anilines is 2. The molecule has 0 atom stereocenters. The van der Waals surface area contributed by atoms with E-state index in [4.69, 9.17) is 0 Å². The van der Waals surface area contributed by atoms with Crippen molar-refractivity contribution in [2.75, 3.05) is 9.80 Å². The van der Waals surface area contributed by atoms with Gasteiger partial charge in [-0.1, -0.05) is 36.4 Å². The predicted molar refractivity (Wildman–Crippen MR) is 167 cm³/mol. The van der Waals surface area contributed by atoms with Crippen LogP contribution in [0.15, 0.2) is 60.7 Å². The van der Waals surface area contributed by atoms with E-state index in [0.717, 1.165) is 6.92 Å². The molecule has 2 aliphatic heterocycles. The van der Waals surface area contributed by atoms with Gasteiger partial charge in [-0.3, -0.25) is 19.2 Å². The lowest BCUT2D eigenvalue weighted by Gasteiger charge is -2.32. The third-order valence-corrected chi connectivity index (χ3v) is 9.52. The van der Waals surface area contributed by atoms with Crippen LogP contribution in [0.3, 0.4) is 0 Å². The van der Waals surface area contributed by atoms with E-state index < -0.39 is 135 Å². The van der Waals surface area contributed by atoms with Crippen molar-refractivity contribution in [3.63, 3.8) is 0 Å². The van der Waals surface area contributed by atoms with Crippen LogP contribution < -0.4 is 9.80 Å². The lowest BCUT2D eigenvalue weighted by molar-refractivity contribution is 0.0872. The first kappa shape index (κ1) is 29.7. The van der Waals surface area contributed by atoms with Gasteiger partial charge < -0.3 is 0 Å². The second-order valence-corrected chi connectivity index (χ2v) is 11.9. The Balaban J connectivity index is 1.54. The Kier molecular flexibility index (Phi) is 5.72. The van der Waals surface area contributed by atoms with Crippen LogP contribution in [0.5, 0.6) is 0 Å². The normalized spacial score (nSPS) is 14.5. The molecule has 2 heterocycles. The zero-order chi connectivity index (χ0) is 35.2. The topological polar surface area (TPSA) is 74.8 Å². The number of carbonyl (C=O) groups is 4. The molecular formula is C37H13F7N2O4. The van der Waals surface area contributed by atoms with Gasteiger partial charge in [-0.15, -0.1) is 0 Å². The van der Waals surface area contributed by atoms with Crippen molar-refractivity contribution in [3.8, 4) is 0 Å². The molecule has 0 fully saturated rings. The van der Waals surface area contributed by atoms with Crippen LogP contribution >= 0.6 is 0 Å². The summed E-state index contributed by atoms with van der Waals surface area (Å²) in [5, 5.41) is -8.26. The SMILES string of the molecule is Cc1c2c3c(c(F)c(F)c4c5c(F)c(F)c6c7c(c(F)c(F)c(c(c1F)c34)c75)C(=O)N(c1ccccc1)C6=O)C(=O)N(c1ccccc1)C2=O. The first-order valence-corrected chi connectivity index (χ1v) is 14.8. The molecule has 0 saturated carbocycles. The molecule has 4 amide bonds. The van der Waals surface area contributed by atoms with Gasteiger partial charge in [0, 0.05) is 43.1 Å². The molecule has 2 aliphatic rings. The molecule has 0 N–H and O–H groups in total. The lowest BCUT2D eigenvalue weighted by atomic mass is 9.79. The number of benzene rings is 7. The van der Waals surface area contributed by atoms with E-state index in [1.54, 1.807) is 6.07 Å². The Morgan fingerprint density at radius 2 is 0.660 bits per heavy atom. The number of hydrogen-bond donors (Lipinski definition) is 0. The second-order valence-electron chi connectivity index (χ2n) is 11.9. The predicted octanol–water partition coefficient (Wildman–Crippen LogP) is 8.62. The first-order chi connectivity index (χ1) is 23.9. The van der Waals surface area contributed by atoms with Crippen molar-refractivity contribution in [2.24, 2.45) is 0 Å². The number of hydrogen-bond acceptors (Lipinski definition) is 4. The molecular weight excluding hydrogens is 669 g/mol. The van der Waals surface area contributed by atoms with Crippen LogP contribution in [0.2, 0.25) is 0 Å². The minimum absolute atomic E-state index is 0.0918. The fourth-order valence-corrected chi connectivity index (χ4v) is 7.48. The number of rotatable bonds is 2. The molecule has 0 radical (unpaired) electrons. The summed E-state index contributed by atoms with van der Waals surface area (Å²) in [6, 6.07) is 13.7. The molecule has 0 unspecified atom stereocenters. The molecule has 50 heavy (non-hydrogen) atoms. The smallest absolute Gasteiger partial charge is 0.268 e. The lowest BCUT2D eigenvalue weighted by Crippen LogP contribution is -2.42. The monoisotopic (exact) mass is 682 g/mol. The molecule has 0 aromatic heterocycles. The molecule has 7 aromatic carbocycles. The van der Waals surface area contributed by atoms with Gasteiger partial charge in [0.2, 0.25) is 0 Å². The zero-order valence-corrected chi connectivity index (χ0v) is 24.9. The number of halogens is 7. The van der Waals surface area contributed by atoms with E-state index in [9.17, 15) is 19.2 Å². The van der Waals surface area contributed by atoms with Crippen LogP contribution in [-0.2, 0) is 0 Å². The van der Waals surface area contributed by atoms with Crippen molar-refractivity contribution in [3.05, 3.63) is 129 Å². The summed E-state index contributed by atoms with van der Waals surface area (Å²) in [4.78, 5) is 56.0. The van der Waals surface area contributed by atoms with Gasteiger partial charge in [-0.25, -0.2) is 40.5 Å². The molecule has 9 rings (SSSR count). The van der Waals surface area contributed by atoms with Crippen molar-refractivity contribution in [2.45, 2.75) is 6.92 Å². The number of imide groups is 2. The standard InChI is InChI=1S/C37H13F7N2O4/c1-12-15-16-17-20(27(12)38)21-18-19-25(32(43)28(21)39)36(49)46(14-10-6-3-7-11-14)37(50)26(19)33(44)30(41)23(18)22(17)29(40)31(42)24(16)35(48)45(34(15)47)13-8-4-2-5-9-13/h2-11H,1H3. The number of amides is 4. The third kappa shape index (κ3) is 3.24. The number of carbonyl (C=O) groups excluding carboxylic acids is 4. The third-order valence-electron chi connectivity index (χ3n) is 9.52. The maximum Gasteiger partial charge on any atom is 0.269 e. The summed E-state index contributed by atoms with van der Waals surface area (Å²) >= 11 is 0. The molecule has 7 aromatic rings. The fraction of sp³-hybridized carbons (Fsp3) is 0.0270. The number of para-hydroxylation sites is 2. The summed E-state index contributed by atoms with van der Waals surface area (Å²) in [5.41, 5.74) is -5.14. The highest BCUT2D eigenvalue weighted by Crippen LogP contribution is 2.52. The van der Waals surface area contributed by atoms with Gasteiger partial charge in [0.25, 0.3) is 23.6 Å². The average Bonchev–Trinajstić information content (AvgIpc) is 3.10. The summed E-state index contributed by atoms with van der Waals surface area (Å²) in [6.07, 6.45) is 0. The Bertz CT molecular complexity index is 2490. The van der Waals surface area contributed by atoms with E-state index in [-0.39, 0.29) is 11.4 Å². The average molecular weight is 683 g/mol. The Morgan fingerprint density at radius 1 is 0.360 bits per heavy atom. The highest BCUT2D eigenvalue weighted by molar-refractivity contribution is 6.46. The molecule has 0 bridgehead atoms.